The minimum absolute atomic E-state index is 0.0236. The van der Waals surface area contributed by atoms with Crippen LogP contribution in [0.25, 0.3) is 0 Å². The van der Waals surface area contributed by atoms with E-state index >= 15 is 0 Å². The number of thioether (sulfide) groups is 1. The van der Waals surface area contributed by atoms with E-state index in [1.807, 2.05) is 55.5 Å². The average molecular weight is 359 g/mol. The standard InChI is InChI=1S/C20H25NO3S/c1-5-17(15-9-7-6-8-10-15)21-20(22)14(2)25-16-11-12-18(23-3)19(13-16)24-4/h6-14,17H,5H2,1-4H3,(H,21,22). The molecule has 0 heterocycles. The Labute approximate surface area is 153 Å². The molecule has 2 atom stereocenters. The maximum absolute atomic E-state index is 12.6. The molecular weight excluding hydrogens is 334 g/mol. The van der Waals surface area contributed by atoms with Gasteiger partial charge in [-0.05, 0) is 37.1 Å². The second-order valence-electron chi connectivity index (χ2n) is 5.66. The molecule has 0 aliphatic carbocycles. The lowest BCUT2D eigenvalue weighted by atomic mass is 10.0. The van der Waals surface area contributed by atoms with Gasteiger partial charge in [-0.1, -0.05) is 37.3 Å². The Morgan fingerprint density at radius 3 is 2.36 bits per heavy atom. The zero-order valence-electron chi connectivity index (χ0n) is 15.1. The summed E-state index contributed by atoms with van der Waals surface area (Å²) in [4.78, 5) is 13.5. The Balaban J connectivity index is 2.02. The van der Waals surface area contributed by atoms with Crippen LogP contribution in [0, 0.1) is 0 Å². The van der Waals surface area contributed by atoms with Crippen LogP contribution in [0.3, 0.4) is 0 Å². The summed E-state index contributed by atoms with van der Waals surface area (Å²) < 4.78 is 10.6. The summed E-state index contributed by atoms with van der Waals surface area (Å²) in [6, 6.07) is 15.8. The minimum atomic E-state index is -0.212. The number of nitrogens with one attached hydrogen (secondary N) is 1. The Hall–Kier alpha value is -2.14. The van der Waals surface area contributed by atoms with Crippen LogP contribution in [-0.4, -0.2) is 25.4 Å². The van der Waals surface area contributed by atoms with E-state index in [2.05, 4.69) is 12.2 Å². The van der Waals surface area contributed by atoms with Gasteiger partial charge in [0.1, 0.15) is 0 Å². The lowest BCUT2D eigenvalue weighted by molar-refractivity contribution is -0.121. The van der Waals surface area contributed by atoms with Gasteiger partial charge in [-0.2, -0.15) is 0 Å². The Morgan fingerprint density at radius 2 is 1.76 bits per heavy atom. The lowest BCUT2D eigenvalue weighted by Gasteiger charge is -2.20. The average Bonchev–Trinajstić information content (AvgIpc) is 2.66. The summed E-state index contributed by atoms with van der Waals surface area (Å²) in [6.45, 7) is 3.98. The number of hydrogen-bond acceptors (Lipinski definition) is 4. The quantitative estimate of drug-likeness (QED) is 0.707. The molecule has 2 aromatic carbocycles. The van der Waals surface area contributed by atoms with Crippen molar-refractivity contribution in [1.29, 1.82) is 0 Å². The van der Waals surface area contributed by atoms with Crippen LogP contribution in [-0.2, 0) is 4.79 Å². The van der Waals surface area contributed by atoms with E-state index in [-0.39, 0.29) is 17.2 Å². The second kappa shape index (κ2) is 9.37. The lowest BCUT2D eigenvalue weighted by Crippen LogP contribution is -2.34. The van der Waals surface area contributed by atoms with E-state index < -0.39 is 0 Å². The van der Waals surface area contributed by atoms with Gasteiger partial charge in [-0.25, -0.2) is 0 Å². The van der Waals surface area contributed by atoms with Crippen LogP contribution in [0.2, 0.25) is 0 Å². The number of hydrogen-bond donors (Lipinski definition) is 1. The Kier molecular flexibility index (Phi) is 7.19. The van der Waals surface area contributed by atoms with Gasteiger partial charge < -0.3 is 14.8 Å². The molecule has 0 saturated heterocycles. The molecular formula is C20H25NO3S. The Morgan fingerprint density at radius 1 is 1.08 bits per heavy atom. The van der Waals surface area contributed by atoms with Crippen LogP contribution in [0.1, 0.15) is 31.9 Å². The number of benzene rings is 2. The van der Waals surface area contributed by atoms with E-state index in [0.29, 0.717) is 11.5 Å². The largest absolute Gasteiger partial charge is 0.493 e. The molecule has 134 valence electrons. The highest BCUT2D eigenvalue weighted by atomic mass is 32.2. The molecule has 1 N–H and O–H groups in total. The van der Waals surface area contributed by atoms with Crippen LogP contribution in [0.15, 0.2) is 53.4 Å². The normalized spacial score (nSPS) is 13.0. The fourth-order valence-electron chi connectivity index (χ4n) is 2.54. The van der Waals surface area contributed by atoms with Crippen molar-refractivity contribution in [3.8, 4) is 11.5 Å². The first-order valence-electron chi connectivity index (χ1n) is 8.33. The summed E-state index contributed by atoms with van der Waals surface area (Å²) in [7, 11) is 3.21. The highest BCUT2D eigenvalue weighted by Gasteiger charge is 2.19. The smallest absolute Gasteiger partial charge is 0.233 e. The number of methoxy groups -OCH3 is 2. The van der Waals surface area contributed by atoms with E-state index in [1.54, 1.807) is 14.2 Å². The third kappa shape index (κ3) is 5.16. The molecule has 4 nitrogen and oxygen atoms in total. The van der Waals surface area contributed by atoms with Crippen LogP contribution < -0.4 is 14.8 Å². The topological polar surface area (TPSA) is 47.6 Å². The first-order chi connectivity index (χ1) is 12.1. The number of amides is 1. The molecule has 25 heavy (non-hydrogen) atoms. The third-order valence-corrected chi connectivity index (χ3v) is 5.06. The highest BCUT2D eigenvalue weighted by Crippen LogP contribution is 2.33. The van der Waals surface area contributed by atoms with Crippen molar-refractivity contribution in [3.63, 3.8) is 0 Å². The maximum Gasteiger partial charge on any atom is 0.233 e. The number of rotatable bonds is 8. The van der Waals surface area contributed by atoms with Crippen LogP contribution in [0.5, 0.6) is 11.5 Å². The summed E-state index contributed by atoms with van der Waals surface area (Å²) in [5, 5.41) is 2.93. The van der Waals surface area contributed by atoms with E-state index in [0.717, 1.165) is 16.9 Å². The van der Waals surface area contributed by atoms with Gasteiger partial charge in [0.05, 0.1) is 25.5 Å². The molecule has 0 fully saturated rings. The molecule has 0 aliphatic heterocycles. The van der Waals surface area contributed by atoms with Crippen molar-refractivity contribution >= 4 is 17.7 Å². The molecule has 0 saturated carbocycles. The molecule has 1 amide bonds. The van der Waals surface area contributed by atoms with Crippen molar-refractivity contribution in [2.45, 2.75) is 36.5 Å². The molecule has 5 heteroatoms. The number of carbonyl (C=O) groups is 1. The predicted octanol–water partition coefficient (Wildman–Crippen LogP) is 4.45. The van der Waals surface area contributed by atoms with Gasteiger partial charge in [0.25, 0.3) is 0 Å². The molecule has 2 aromatic rings. The highest BCUT2D eigenvalue weighted by molar-refractivity contribution is 8.00. The van der Waals surface area contributed by atoms with Crippen molar-refractivity contribution in [2.75, 3.05) is 14.2 Å². The molecule has 2 unspecified atom stereocenters. The molecule has 2 rings (SSSR count). The zero-order chi connectivity index (χ0) is 18.2. The maximum atomic E-state index is 12.6. The van der Waals surface area contributed by atoms with Crippen molar-refractivity contribution in [3.05, 3.63) is 54.1 Å². The van der Waals surface area contributed by atoms with Gasteiger partial charge >= 0.3 is 0 Å². The van der Waals surface area contributed by atoms with E-state index in [9.17, 15) is 4.79 Å². The summed E-state index contributed by atoms with van der Waals surface area (Å²) in [6.07, 6.45) is 0.851. The third-order valence-electron chi connectivity index (χ3n) is 3.96. The van der Waals surface area contributed by atoms with Gasteiger partial charge in [0, 0.05) is 4.90 Å². The van der Waals surface area contributed by atoms with Gasteiger partial charge in [-0.15, -0.1) is 11.8 Å². The van der Waals surface area contributed by atoms with Crippen molar-refractivity contribution in [1.82, 2.24) is 5.32 Å². The van der Waals surface area contributed by atoms with Crippen LogP contribution in [0.4, 0.5) is 0 Å². The fraction of sp³-hybridized carbons (Fsp3) is 0.350. The summed E-state index contributed by atoms with van der Waals surface area (Å²) in [5.41, 5.74) is 1.13. The van der Waals surface area contributed by atoms with Gasteiger partial charge in [0.15, 0.2) is 11.5 Å². The second-order valence-corrected chi connectivity index (χ2v) is 7.07. The predicted molar refractivity (Wildman–Crippen MR) is 102 cm³/mol. The summed E-state index contributed by atoms with van der Waals surface area (Å²) in [5.74, 6) is 1.37. The molecule has 0 bridgehead atoms. The van der Waals surface area contributed by atoms with Crippen molar-refractivity contribution < 1.29 is 14.3 Å². The first-order valence-corrected chi connectivity index (χ1v) is 9.21. The molecule has 0 aliphatic rings. The van der Waals surface area contributed by atoms with Gasteiger partial charge in [-0.3, -0.25) is 4.79 Å². The van der Waals surface area contributed by atoms with E-state index in [1.165, 1.54) is 11.8 Å². The fourth-order valence-corrected chi connectivity index (χ4v) is 3.45. The van der Waals surface area contributed by atoms with Crippen molar-refractivity contribution in [2.24, 2.45) is 0 Å². The number of ether oxygens (including phenoxy) is 2. The SMILES string of the molecule is CCC(NC(=O)C(C)Sc1ccc(OC)c(OC)c1)c1ccccc1. The number of carbonyl (C=O) groups excluding carboxylic acids is 1. The first kappa shape index (κ1) is 19.2. The Bertz CT molecular complexity index is 691. The molecule has 0 spiro atoms. The monoisotopic (exact) mass is 359 g/mol. The molecule has 0 radical (unpaired) electrons. The van der Waals surface area contributed by atoms with Crippen LogP contribution >= 0.6 is 11.8 Å². The molecule has 0 aromatic heterocycles. The van der Waals surface area contributed by atoms with E-state index in [4.69, 9.17) is 9.47 Å². The zero-order valence-corrected chi connectivity index (χ0v) is 15.9. The minimum Gasteiger partial charge on any atom is -0.493 e. The van der Waals surface area contributed by atoms with Gasteiger partial charge in [0.2, 0.25) is 5.91 Å². The summed E-state index contributed by atoms with van der Waals surface area (Å²) >= 11 is 1.50.